The molecule has 0 aromatic rings. The Hall–Kier alpha value is -1.00. The minimum Gasteiger partial charge on any atom is -0.198 e. The second-order valence-corrected chi connectivity index (χ2v) is 1.12. The molecule has 0 unspecified atom stereocenters. The summed E-state index contributed by atoms with van der Waals surface area (Å²) in [5.41, 5.74) is 1.97. The molecule has 0 aromatic heterocycles. The number of nitrogens with zero attached hydrogens (tertiary/aromatic N) is 2. The van der Waals surface area contributed by atoms with E-state index in [0.717, 1.165) is 0 Å². The van der Waals surface area contributed by atoms with Gasteiger partial charge in [-0.2, -0.15) is 8.78 Å². The van der Waals surface area contributed by atoms with Crippen molar-refractivity contribution in [2.45, 2.75) is 6.43 Å². The Morgan fingerprint density at radius 2 is 2.50 bits per heavy atom. The number of amidine groups is 1. The van der Waals surface area contributed by atoms with Crippen molar-refractivity contribution in [3.63, 3.8) is 0 Å². The van der Waals surface area contributed by atoms with Gasteiger partial charge in [0.15, 0.2) is 0 Å². The first kappa shape index (κ1) is 5.14. The molecule has 0 saturated heterocycles. The van der Waals surface area contributed by atoms with Crippen LogP contribution in [-0.2, 0) is 0 Å². The van der Waals surface area contributed by atoms with Gasteiger partial charge in [-0.25, -0.2) is 0 Å². The van der Waals surface area contributed by atoms with E-state index < -0.39 is 12.3 Å². The summed E-state index contributed by atoms with van der Waals surface area (Å²) in [7, 11) is 0. The third-order valence-electron chi connectivity index (χ3n) is 0.598. The largest absolute Gasteiger partial charge is 0.418 e. The molecule has 8 heavy (non-hydrogen) atoms. The van der Waals surface area contributed by atoms with Gasteiger partial charge in [0, 0.05) is 0 Å². The van der Waals surface area contributed by atoms with E-state index in [4.69, 9.17) is 0 Å². The predicted molar refractivity (Wildman–Crippen MR) is 23.7 cm³/mol. The molecular weight excluding hydrogens is 116 g/mol. The summed E-state index contributed by atoms with van der Waals surface area (Å²) in [6, 6.07) is 0. The Labute approximate surface area is 44.1 Å². The summed E-state index contributed by atoms with van der Waals surface area (Å²) in [5.74, 6) is -0.440. The fourth-order valence-electron chi connectivity index (χ4n) is 0.284. The summed E-state index contributed by atoms with van der Waals surface area (Å²) in [5, 5.41) is 3.10. The van der Waals surface area contributed by atoms with E-state index in [1.807, 2.05) is 11.8 Å². The molecule has 2 radical (unpaired) electrons. The van der Waals surface area contributed by atoms with Gasteiger partial charge in [-0.3, -0.25) is 0 Å². The number of nitrogens with one attached hydrogen (secondary N) is 1. The summed E-state index contributed by atoms with van der Waals surface area (Å²) in [4.78, 5) is 3.07. The molecule has 0 fully saturated rings. The molecule has 1 aliphatic heterocycles. The van der Waals surface area contributed by atoms with E-state index in [-0.39, 0.29) is 0 Å². The van der Waals surface area contributed by atoms with Gasteiger partial charge < -0.3 is 0 Å². The van der Waals surface area contributed by atoms with Gasteiger partial charge in [-0.15, -0.1) is 5.43 Å². The summed E-state index contributed by atoms with van der Waals surface area (Å²) in [6.45, 7) is 0. The van der Waals surface area contributed by atoms with Crippen molar-refractivity contribution >= 4 is 12.2 Å². The lowest BCUT2D eigenvalue weighted by Crippen LogP contribution is -2.24. The minimum atomic E-state index is -2.58. The first-order valence-electron chi connectivity index (χ1n) is 1.87. The van der Waals surface area contributed by atoms with E-state index >= 15 is 0 Å². The molecular formula is C3H2F2N3+. The average Bonchev–Trinajstić information content (AvgIpc) is 2.12. The van der Waals surface area contributed by atoms with Crippen molar-refractivity contribution in [2.24, 2.45) is 5.10 Å². The lowest BCUT2D eigenvalue weighted by atomic mass is 10.6. The second-order valence-electron chi connectivity index (χ2n) is 1.12. The van der Waals surface area contributed by atoms with Crippen molar-refractivity contribution in [1.82, 2.24) is 10.4 Å². The SMILES string of the molecule is FC(F)C1=[N+][C]=NN1. The smallest absolute Gasteiger partial charge is 0.198 e. The Kier molecular flexibility index (Phi) is 1.19. The third kappa shape index (κ3) is 0.800. The fourth-order valence-corrected chi connectivity index (χ4v) is 0.284. The van der Waals surface area contributed by atoms with Crippen molar-refractivity contribution in [3.05, 3.63) is 0 Å². The molecule has 0 bridgehead atoms. The van der Waals surface area contributed by atoms with Gasteiger partial charge in [0.2, 0.25) is 0 Å². The van der Waals surface area contributed by atoms with Gasteiger partial charge in [0.05, 0.1) is 5.10 Å². The molecule has 0 aromatic carbocycles. The molecule has 0 amide bonds. The fraction of sp³-hybridized carbons (Fsp3) is 0.333. The number of rotatable bonds is 1. The average molecular weight is 118 g/mol. The number of hydrazone groups is 1. The zero-order valence-corrected chi connectivity index (χ0v) is 3.73. The number of aliphatic imine (C=N–C) groups is 1. The van der Waals surface area contributed by atoms with Crippen molar-refractivity contribution in [1.29, 1.82) is 0 Å². The summed E-state index contributed by atoms with van der Waals surface area (Å²) < 4.78 is 22.9. The first-order chi connectivity index (χ1) is 3.80. The van der Waals surface area contributed by atoms with Crippen LogP contribution in [0.15, 0.2) is 5.10 Å². The Bertz CT molecular complexity index is 139. The third-order valence-corrected chi connectivity index (χ3v) is 0.598. The lowest BCUT2D eigenvalue weighted by molar-refractivity contribution is 0.221. The van der Waals surface area contributed by atoms with Crippen LogP contribution in [0.3, 0.4) is 0 Å². The molecule has 0 aliphatic carbocycles. The van der Waals surface area contributed by atoms with E-state index in [1.54, 1.807) is 0 Å². The zero-order chi connectivity index (χ0) is 5.98. The maximum absolute atomic E-state index is 11.4. The Morgan fingerprint density at radius 1 is 1.75 bits per heavy atom. The number of hydrogen-bond acceptors (Lipinski definition) is 3. The van der Waals surface area contributed by atoms with E-state index in [0.29, 0.717) is 0 Å². The van der Waals surface area contributed by atoms with Crippen molar-refractivity contribution < 1.29 is 8.78 Å². The van der Waals surface area contributed by atoms with Crippen LogP contribution in [0.25, 0.3) is 0 Å². The lowest BCUT2D eigenvalue weighted by Gasteiger charge is -1.84. The number of hydrogen-bond donors (Lipinski definition) is 1. The minimum absolute atomic E-state index is 0.440. The van der Waals surface area contributed by atoms with Gasteiger partial charge >= 0.3 is 18.6 Å². The van der Waals surface area contributed by atoms with E-state index in [1.165, 1.54) is 0 Å². The number of alkyl halides is 2. The van der Waals surface area contributed by atoms with Crippen LogP contribution >= 0.6 is 0 Å². The highest BCUT2D eigenvalue weighted by Crippen LogP contribution is 1.91. The van der Waals surface area contributed by atoms with Crippen molar-refractivity contribution in [2.75, 3.05) is 0 Å². The van der Waals surface area contributed by atoms with Crippen LogP contribution < -0.4 is 10.4 Å². The molecule has 1 aliphatic rings. The Balaban J connectivity index is 2.51. The van der Waals surface area contributed by atoms with E-state index in [9.17, 15) is 8.78 Å². The molecule has 42 valence electrons. The highest BCUT2D eigenvalue weighted by atomic mass is 19.3. The molecule has 0 atom stereocenters. The van der Waals surface area contributed by atoms with Crippen LogP contribution in [0.2, 0.25) is 0 Å². The summed E-state index contributed by atoms with van der Waals surface area (Å²) in [6.07, 6.45) is -0.600. The van der Waals surface area contributed by atoms with Gasteiger partial charge in [0.1, 0.15) is 0 Å². The van der Waals surface area contributed by atoms with Gasteiger partial charge in [-0.05, 0) is 0 Å². The molecule has 0 spiro atoms. The molecule has 1 heterocycles. The molecule has 1 rings (SSSR count). The second kappa shape index (κ2) is 1.85. The quantitative estimate of drug-likeness (QED) is 0.491. The van der Waals surface area contributed by atoms with Gasteiger partial charge in [-0.1, -0.05) is 4.99 Å². The predicted octanol–water partition coefficient (Wildman–Crippen LogP) is -0.591. The first-order valence-corrected chi connectivity index (χ1v) is 1.87. The monoisotopic (exact) mass is 118 g/mol. The van der Waals surface area contributed by atoms with Crippen LogP contribution in [0.4, 0.5) is 8.78 Å². The van der Waals surface area contributed by atoms with E-state index in [2.05, 4.69) is 10.1 Å². The summed E-state index contributed by atoms with van der Waals surface area (Å²) >= 11 is 0. The topological polar surface area (TPSA) is 38.5 Å². The van der Waals surface area contributed by atoms with Crippen LogP contribution in [-0.4, -0.2) is 18.6 Å². The van der Waals surface area contributed by atoms with Crippen LogP contribution in [0.1, 0.15) is 0 Å². The van der Waals surface area contributed by atoms with Crippen molar-refractivity contribution in [3.8, 4) is 0 Å². The zero-order valence-electron chi connectivity index (χ0n) is 3.73. The Morgan fingerprint density at radius 3 is 2.75 bits per heavy atom. The molecule has 1 N–H and O–H groups in total. The maximum Gasteiger partial charge on any atom is 0.418 e. The molecule has 3 nitrogen and oxygen atoms in total. The number of halogens is 2. The standard InChI is InChI=1S/C3H2F2N3/c4-2(5)3-6-1-7-8-3/h2H,(H,7,8)/q+1. The highest BCUT2D eigenvalue weighted by molar-refractivity contribution is 5.92. The molecule has 5 heteroatoms. The van der Waals surface area contributed by atoms with Crippen LogP contribution in [0, 0.1) is 0 Å². The van der Waals surface area contributed by atoms with Gasteiger partial charge in [0.25, 0.3) is 0 Å². The normalized spacial score (nSPS) is 16.6. The highest BCUT2D eigenvalue weighted by Gasteiger charge is 2.23. The maximum atomic E-state index is 11.4. The molecule has 0 saturated carbocycles. The van der Waals surface area contributed by atoms with Crippen LogP contribution in [0.5, 0.6) is 0 Å².